The third kappa shape index (κ3) is 3.95. The Labute approximate surface area is 110 Å². The van der Waals surface area contributed by atoms with Gasteiger partial charge in [-0.25, -0.2) is 0 Å². The minimum atomic E-state index is -0.344. The first-order valence-corrected chi connectivity index (χ1v) is 7.29. The summed E-state index contributed by atoms with van der Waals surface area (Å²) < 4.78 is 0. The number of aliphatic hydroxyl groups excluding tert-OH is 1. The molecule has 0 aromatic carbocycles. The van der Waals surface area contributed by atoms with Gasteiger partial charge in [0, 0.05) is 19.0 Å². The quantitative estimate of drug-likeness (QED) is 0.667. The van der Waals surface area contributed by atoms with E-state index >= 15 is 0 Å². The second-order valence-electron chi connectivity index (χ2n) is 6.15. The minimum Gasteiger partial charge on any atom is -0.394 e. The van der Waals surface area contributed by atoms with Crippen LogP contribution >= 0.6 is 0 Å². The third-order valence-electron chi connectivity index (χ3n) is 4.30. The first-order chi connectivity index (χ1) is 8.63. The number of carbonyl (C=O) groups excluding carboxylic acids is 1. The fourth-order valence-electron chi connectivity index (χ4n) is 2.67. The highest BCUT2D eigenvalue weighted by molar-refractivity contribution is 5.77. The van der Waals surface area contributed by atoms with Crippen molar-refractivity contribution in [3.05, 3.63) is 0 Å². The summed E-state index contributed by atoms with van der Waals surface area (Å²) in [5.74, 6) is 0.796. The monoisotopic (exact) mass is 254 g/mol. The summed E-state index contributed by atoms with van der Waals surface area (Å²) in [4.78, 5) is 11.9. The van der Waals surface area contributed by atoms with E-state index in [0.29, 0.717) is 12.5 Å². The standard InChI is InChI=1S/C14H26N2O2/c1-11-4-7-14(10-17,8-5-11)16-13(18)6-9-15-12-2-3-12/h11-12,15,17H,2-10H2,1H3,(H,16,18). The number of rotatable bonds is 6. The summed E-state index contributed by atoms with van der Waals surface area (Å²) in [6, 6.07) is 0.653. The summed E-state index contributed by atoms with van der Waals surface area (Å²) in [5, 5.41) is 16.0. The number of hydrogen-bond donors (Lipinski definition) is 3. The molecule has 0 spiro atoms. The zero-order valence-electron chi connectivity index (χ0n) is 11.4. The van der Waals surface area contributed by atoms with Crippen molar-refractivity contribution in [1.29, 1.82) is 0 Å². The first kappa shape index (κ1) is 13.8. The van der Waals surface area contributed by atoms with Gasteiger partial charge in [-0.2, -0.15) is 0 Å². The molecule has 2 aliphatic rings. The van der Waals surface area contributed by atoms with Crippen molar-refractivity contribution in [3.8, 4) is 0 Å². The van der Waals surface area contributed by atoms with Crippen LogP contribution in [0.4, 0.5) is 0 Å². The highest BCUT2D eigenvalue weighted by atomic mass is 16.3. The van der Waals surface area contributed by atoms with Gasteiger partial charge >= 0.3 is 0 Å². The summed E-state index contributed by atoms with van der Waals surface area (Å²) in [7, 11) is 0. The summed E-state index contributed by atoms with van der Waals surface area (Å²) in [6.45, 7) is 3.07. The fourth-order valence-corrected chi connectivity index (χ4v) is 2.67. The van der Waals surface area contributed by atoms with Crippen molar-refractivity contribution in [2.45, 2.75) is 63.5 Å². The molecule has 0 radical (unpaired) electrons. The van der Waals surface area contributed by atoms with Gasteiger partial charge in [-0.1, -0.05) is 6.92 Å². The van der Waals surface area contributed by atoms with E-state index in [-0.39, 0.29) is 18.1 Å². The van der Waals surface area contributed by atoms with Gasteiger partial charge in [-0.15, -0.1) is 0 Å². The smallest absolute Gasteiger partial charge is 0.221 e. The normalized spacial score (nSPS) is 32.2. The van der Waals surface area contributed by atoms with Crippen LogP contribution < -0.4 is 10.6 Å². The highest BCUT2D eigenvalue weighted by Gasteiger charge is 2.34. The third-order valence-corrected chi connectivity index (χ3v) is 4.30. The minimum absolute atomic E-state index is 0.0709. The fraction of sp³-hybridized carbons (Fsp3) is 0.929. The Bertz CT molecular complexity index is 282. The lowest BCUT2D eigenvalue weighted by Gasteiger charge is -2.38. The maximum atomic E-state index is 11.9. The molecule has 2 fully saturated rings. The Morgan fingerprint density at radius 1 is 1.28 bits per heavy atom. The molecule has 0 atom stereocenters. The van der Waals surface area contributed by atoms with Crippen molar-refractivity contribution in [2.75, 3.05) is 13.2 Å². The molecule has 0 heterocycles. The maximum absolute atomic E-state index is 11.9. The average molecular weight is 254 g/mol. The molecule has 4 nitrogen and oxygen atoms in total. The molecule has 0 bridgehead atoms. The summed E-state index contributed by atoms with van der Waals surface area (Å²) >= 11 is 0. The lowest BCUT2D eigenvalue weighted by molar-refractivity contribution is -0.124. The number of carbonyl (C=O) groups is 1. The Hall–Kier alpha value is -0.610. The van der Waals surface area contributed by atoms with Crippen LogP contribution in [0.15, 0.2) is 0 Å². The van der Waals surface area contributed by atoms with E-state index in [9.17, 15) is 9.90 Å². The van der Waals surface area contributed by atoms with Crippen LogP contribution in [0.5, 0.6) is 0 Å². The summed E-state index contributed by atoms with van der Waals surface area (Å²) in [6.07, 6.45) is 7.04. The number of nitrogens with one attached hydrogen (secondary N) is 2. The molecule has 2 aliphatic carbocycles. The van der Waals surface area contributed by atoms with Gasteiger partial charge in [0.2, 0.25) is 5.91 Å². The molecule has 0 aliphatic heterocycles. The van der Waals surface area contributed by atoms with Crippen molar-refractivity contribution in [3.63, 3.8) is 0 Å². The molecule has 1 amide bonds. The molecule has 0 saturated heterocycles. The molecule has 0 aromatic rings. The topological polar surface area (TPSA) is 61.4 Å². The van der Waals surface area contributed by atoms with Crippen molar-refractivity contribution in [2.24, 2.45) is 5.92 Å². The molecule has 0 aromatic heterocycles. The highest BCUT2D eigenvalue weighted by Crippen LogP contribution is 2.31. The van der Waals surface area contributed by atoms with E-state index in [4.69, 9.17) is 0 Å². The Morgan fingerprint density at radius 3 is 2.50 bits per heavy atom. The zero-order chi connectivity index (χ0) is 13.0. The van der Waals surface area contributed by atoms with Gasteiger partial charge < -0.3 is 15.7 Å². The first-order valence-electron chi connectivity index (χ1n) is 7.29. The molecule has 104 valence electrons. The molecule has 4 heteroatoms. The van der Waals surface area contributed by atoms with Crippen LogP contribution in [-0.2, 0) is 4.79 Å². The SMILES string of the molecule is CC1CCC(CO)(NC(=O)CCNC2CC2)CC1. The van der Waals surface area contributed by atoms with Gasteiger partial charge in [-0.3, -0.25) is 4.79 Å². The molecule has 0 unspecified atom stereocenters. The number of hydrogen-bond acceptors (Lipinski definition) is 3. The van der Waals surface area contributed by atoms with Crippen LogP contribution in [0, 0.1) is 5.92 Å². The van der Waals surface area contributed by atoms with E-state index in [1.807, 2.05) is 0 Å². The van der Waals surface area contributed by atoms with Gasteiger partial charge in [-0.05, 0) is 44.4 Å². The average Bonchev–Trinajstić information content (AvgIpc) is 3.17. The van der Waals surface area contributed by atoms with Gasteiger partial charge in [0.05, 0.1) is 12.1 Å². The molecule has 18 heavy (non-hydrogen) atoms. The van der Waals surface area contributed by atoms with E-state index in [1.165, 1.54) is 12.8 Å². The molecule has 3 N–H and O–H groups in total. The van der Waals surface area contributed by atoms with Crippen LogP contribution in [0.1, 0.15) is 51.9 Å². The molecule has 2 saturated carbocycles. The van der Waals surface area contributed by atoms with Crippen molar-refractivity contribution in [1.82, 2.24) is 10.6 Å². The van der Waals surface area contributed by atoms with Crippen molar-refractivity contribution >= 4 is 5.91 Å². The van der Waals surface area contributed by atoms with Crippen LogP contribution in [-0.4, -0.2) is 35.7 Å². The predicted molar refractivity (Wildman–Crippen MR) is 71.2 cm³/mol. The lowest BCUT2D eigenvalue weighted by Crippen LogP contribution is -2.53. The summed E-state index contributed by atoms with van der Waals surface area (Å²) in [5.41, 5.74) is -0.344. The lowest BCUT2D eigenvalue weighted by atomic mass is 9.77. The van der Waals surface area contributed by atoms with Gasteiger partial charge in [0.25, 0.3) is 0 Å². The second kappa shape index (κ2) is 6.02. The number of amides is 1. The van der Waals surface area contributed by atoms with E-state index in [0.717, 1.165) is 38.1 Å². The Kier molecular flexibility index (Phi) is 4.62. The second-order valence-corrected chi connectivity index (χ2v) is 6.15. The molecular weight excluding hydrogens is 228 g/mol. The maximum Gasteiger partial charge on any atom is 0.221 e. The van der Waals surface area contributed by atoms with Crippen LogP contribution in [0.2, 0.25) is 0 Å². The van der Waals surface area contributed by atoms with Gasteiger partial charge in [0.1, 0.15) is 0 Å². The van der Waals surface area contributed by atoms with Crippen molar-refractivity contribution < 1.29 is 9.90 Å². The molecular formula is C14H26N2O2. The zero-order valence-corrected chi connectivity index (χ0v) is 11.4. The van der Waals surface area contributed by atoms with Gasteiger partial charge in [0.15, 0.2) is 0 Å². The Morgan fingerprint density at radius 2 is 1.94 bits per heavy atom. The molecule has 2 rings (SSSR count). The van der Waals surface area contributed by atoms with Crippen LogP contribution in [0.3, 0.4) is 0 Å². The largest absolute Gasteiger partial charge is 0.394 e. The van der Waals surface area contributed by atoms with E-state index < -0.39 is 0 Å². The number of aliphatic hydroxyl groups is 1. The Balaban J connectivity index is 1.72. The van der Waals surface area contributed by atoms with E-state index in [1.54, 1.807) is 0 Å². The predicted octanol–water partition coefficient (Wildman–Crippen LogP) is 1.19. The van der Waals surface area contributed by atoms with E-state index in [2.05, 4.69) is 17.6 Å². The van der Waals surface area contributed by atoms with Crippen LogP contribution in [0.25, 0.3) is 0 Å².